The average molecular weight is 354 g/mol. The summed E-state index contributed by atoms with van der Waals surface area (Å²) in [6.45, 7) is 6.38. The molecule has 2 heterocycles. The molecule has 0 amide bonds. The highest BCUT2D eigenvalue weighted by Crippen LogP contribution is 2.22. The molecule has 0 saturated carbocycles. The van der Waals surface area contributed by atoms with Crippen LogP contribution in [0.3, 0.4) is 0 Å². The first kappa shape index (κ1) is 18.3. The standard InChI is InChI=1S/C20H26N4O2/c1-3-7-19(25)26-15(2)20-22-11-10-18(23-20)24-13-12-21-17(14-24)16-8-5-4-6-9-16/h4-6,8-11,15,17,21H,3,7,12-14H2,1-2H3. The predicted octanol–water partition coefficient (Wildman–Crippen LogP) is 3.03. The topological polar surface area (TPSA) is 67.3 Å². The minimum absolute atomic E-state index is 0.208. The van der Waals surface area contributed by atoms with Gasteiger partial charge in [0.05, 0.1) is 0 Å². The Kier molecular flexibility index (Phi) is 6.17. The van der Waals surface area contributed by atoms with Crippen molar-refractivity contribution in [3.63, 3.8) is 0 Å². The Labute approximate surface area is 154 Å². The van der Waals surface area contributed by atoms with E-state index in [1.165, 1.54) is 5.56 Å². The fraction of sp³-hybridized carbons (Fsp3) is 0.450. The van der Waals surface area contributed by atoms with Crippen molar-refractivity contribution in [2.45, 2.75) is 38.8 Å². The van der Waals surface area contributed by atoms with Gasteiger partial charge in [-0.05, 0) is 25.0 Å². The Morgan fingerprint density at radius 1 is 1.35 bits per heavy atom. The smallest absolute Gasteiger partial charge is 0.306 e. The van der Waals surface area contributed by atoms with Crippen LogP contribution in [0.1, 0.15) is 50.2 Å². The number of rotatable bonds is 6. The third-order valence-electron chi connectivity index (χ3n) is 4.49. The lowest BCUT2D eigenvalue weighted by atomic mass is 10.0. The van der Waals surface area contributed by atoms with E-state index in [1.54, 1.807) is 6.20 Å². The molecule has 1 aliphatic rings. The Morgan fingerprint density at radius 3 is 2.92 bits per heavy atom. The molecule has 26 heavy (non-hydrogen) atoms. The van der Waals surface area contributed by atoms with Gasteiger partial charge in [0, 0.05) is 38.3 Å². The van der Waals surface area contributed by atoms with Gasteiger partial charge in [-0.3, -0.25) is 4.79 Å². The summed E-state index contributed by atoms with van der Waals surface area (Å²) >= 11 is 0. The van der Waals surface area contributed by atoms with Crippen molar-refractivity contribution in [2.24, 2.45) is 0 Å². The lowest BCUT2D eigenvalue weighted by molar-refractivity contribution is -0.149. The number of hydrogen-bond acceptors (Lipinski definition) is 6. The first-order chi connectivity index (χ1) is 12.7. The van der Waals surface area contributed by atoms with Gasteiger partial charge in [-0.25, -0.2) is 9.97 Å². The molecule has 138 valence electrons. The maximum absolute atomic E-state index is 11.7. The molecule has 6 heteroatoms. The van der Waals surface area contributed by atoms with Crippen LogP contribution in [-0.2, 0) is 9.53 Å². The molecule has 1 aliphatic heterocycles. The van der Waals surface area contributed by atoms with Gasteiger partial charge in [-0.2, -0.15) is 0 Å². The number of nitrogens with one attached hydrogen (secondary N) is 1. The van der Waals surface area contributed by atoms with Gasteiger partial charge >= 0.3 is 5.97 Å². The lowest BCUT2D eigenvalue weighted by Crippen LogP contribution is -2.46. The SMILES string of the molecule is CCCC(=O)OC(C)c1nccc(N2CCNC(c3ccccc3)C2)n1. The van der Waals surface area contributed by atoms with Crippen LogP contribution in [0.4, 0.5) is 5.82 Å². The number of anilines is 1. The van der Waals surface area contributed by atoms with E-state index in [1.807, 2.05) is 26.0 Å². The summed E-state index contributed by atoms with van der Waals surface area (Å²) in [5.74, 6) is 1.21. The monoisotopic (exact) mass is 354 g/mol. The molecule has 1 aromatic heterocycles. The zero-order chi connectivity index (χ0) is 18.4. The highest BCUT2D eigenvalue weighted by molar-refractivity contribution is 5.69. The fourth-order valence-electron chi connectivity index (χ4n) is 3.12. The van der Waals surface area contributed by atoms with Crippen LogP contribution < -0.4 is 10.2 Å². The lowest BCUT2D eigenvalue weighted by Gasteiger charge is -2.35. The average Bonchev–Trinajstić information content (AvgIpc) is 2.69. The first-order valence-electron chi connectivity index (χ1n) is 9.23. The Bertz CT molecular complexity index is 723. The molecule has 1 saturated heterocycles. The molecule has 0 radical (unpaired) electrons. The summed E-state index contributed by atoms with van der Waals surface area (Å²) in [6, 6.07) is 12.6. The van der Waals surface area contributed by atoms with Gasteiger partial charge in [-0.15, -0.1) is 0 Å². The van der Waals surface area contributed by atoms with E-state index in [9.17, 15) is 4.79 Å². The van der Waals surface area contributed by atoms with E-state index in [4.69, 9.17) is 4.74 Å². The largest absolute Gasteiger partial charge is 0.454 e. The second-order valence-corrected chi connectivity index (χ2v) is 6.52. The van der Waals surface area contributed by atoms with Crippen molar-refractivity contribution < 1.29 is 9.53 Å². The van der Waals surface area contributed by atoms with E-state index in [-0.39, 0.29) is 12.0 Å². The zero-order valence-electron chi connectivity index (χ0n) is 15.4. The highest BCUT2D eigenvalue weighted by atomic mass is 16.5. The third-order valence-corrected chi connectivity index (χ3v) is 4.49. The van der Waals surface area contributed by atoms with Crippen LogP contribution in [0.15, 0.2) is 42.6 Å². The molecule has 6 nitrogen and oxygen atoms in total. The number of carbonyl (C=O) groups is 1. The van der Waals surface area contributed by atoms with Crippen molar-refractivity contribution in [1.29, 1.82) is 0 Å². The van der Waals surface area contributed by atoms with Gasteiger partial charge in [-0.1, -0.05) is 37.3 Å². The fourth-order valence-corrected chi connectivity index (χ4v) is 3.12. The summed E-state index contributed by atoms with van der Waals surface area (Å²) in [6.07, 6.45) is 2.48. The van der Waals surface area contributed by atoms with Crippen LogP contribution in [-0.4, -0.2) is 35.6 Å². The number of carbonyl (C=O) groups excluding carboxylic acids is 1. The molecule has 2 aromatic rings. The van der Waals surface area contributed by atoms with Crippen molar-refractivity contribution in [3.8, 4) is 0 Å². The van der Waals surface area contributed by atoms with Crippen LogP contribution in [0.5, 0.6) is 0 Å². The second-order valence-electron chi connectivity index (χ2n) is 6.52. The molecule has 1 fully saturated rings. The molecule has 1 aromatic carbocycles. The molecule has 0 bridgehead atoms. The number of aromatic nitrogens is 2. The third kappa shape index (κ3) is 4.58. The van der Waals surface area contributed by atoms with Crippen LogP contribution >= 0.6 is 0 Å². The number of ether oxygens (including phenoxy) is 1. The Morgan fingerprint density at radius 2 is 2.15 bits per heavy atom. The molecular formula is C20H26N4O2. The normalized spacial score (nSPS) is 18.4. The van der Waals surface area contributed by atoms with Gasteiger partial charge in [0.1, 0.15) is 5.82 Å². The number of nitrogens with zero attached hydrogens (tertiary/aromatic N) is 3. The van der Waals surface area contributed by atoms with E-state index in [2.05, 4.69) is 44.5 Å². The molecular weight excluding hydrogens is 328 g/mol. The Balaban J connectivity index is 1.70. The molecule has 2 atom stereocenters. The molecule has 2 unspecified atom stereocenters. The summed E-state index contributed by atoms with van der Waals surface area (Å²) in [5, 5.41) is 3.56. The molecule has 0 aliphatic carbocycles. The molecule has 3 rings (SSSR count). The second kappa shape index (κ2) is 8.76. The summed E-state index contributed by atoms with van der Waals surface area (Å²) < 4.78 is 5.41. The number of benzene rings is 1. The number of hydrogen-bond donors (Lipinski definition) is 1. The summed E-state index contributed by atoms with van der Waals surface area (Å²) in [5.41, 5.74) is 1.27. The van der Waals surface area contributed by atoms with Crippen molar-refractivity contribution >= 4 is 11.8 Å². The van der Waals surface area contributed by atoms with Gasteiger partial charge < -0.3 is 15.0 Å². The van der Waals surface area contributed by atoms with E-state index in [0.717, 1.165) is 31.9 Å². The van der Waals surface area contributed by atoms with E-state index in [0.29, 0.717) is 12.2 Å². The van der Waals surface area contributed by atoms with Crippen molar-refractivity contribution in [2.75, 3.05) is 24.5 Å². The van der Waals surface area contributed by atoms with E-state index >= 15 is 0 Å². The van der Waals surface area contributed by atoms with Crippen molar-refractivity contribution in [1.82, 2.24) is 15.3 Å². The van der Waals surface area contributed by atoms with Crippen LogP contribution in [0.2, 0.25) is 0 Å². The first-order valence-corrected chi connectivity index (χ1v) is 9.23. The predicted molar refractivity (Wildman–Crippen MR) is 101 cm³/mol. The quantitative estimate of drug-likeness (QED) is 0.804. The van der Waals surface area contributed by atoms with Crippen LogP contribution in [0, 0.1) is 0 Å². The molecule has 1 N–H and O–H groups in total. The summed E-state index contributed by atoms with van der Waals surface area (Å²) in [4.78, 5) is 22.9. The minimum atomic E-state index is -0.443. The minimum Gasteiger partial charge on any atom is -0.454 e. The van der Waals surface area contributed by atoms with Crippen molar-refractivity contribution in [3.05, 3.63) is 54.0 Å². The van der Waals surface area contributed by atoms with Crippen LogP contribution in [0.25, 0.3) is 0 Å². The van der Waals surface area contributed by atoms with Gasteiger partial charge in [0.15, 0.2) is 11.9 Å². The number of piperazine rings is 1. The molecule has 0 spiro atoms. The highest BCUT2D eigenvalue weighted by Gasteiger charge is 2.23. The van der Waals surface area contributed by atoms with Gasteiger partial charge in [0.2, 0.25) is 0 Å². The maximum Gasteiger partial charge on any atom is 0.306 e. The van der Waals surface area contributed by atoms with E-state index < -0.39 is 6.10 Å². The number of esters is 1. The van der Waals surface area contributed by atoms with Gasteiger partial charge in [0.25, 0.3) is 0 Å². The Hall–Kier alpha value is -2.47. The zero-order valence-corrected chi connectivity index (χ0v) is 15.4. The maximum atomic E-state index is 11.7. The summed E-state index contributed by atoms with van der Waals surface area (Å²) in [7, 11) is 0.